The monoisotopic (exact) mass is 198 g/mol. The van der Waals surface area contributed by atoms with Crippen molar-refractivity contribution < 1.29 is 9.21 Å². The van der Waals surface area contributed by atoms with Gasteiger partial charge < -0.3 is 15.9 Å². The van der Waals surface area contributed by atoms with Crippen LogP contribution in [0, 0.1) is 6.92 Å². The van der Waals surface area contributed by atoms with Gasteiger partial charge in [-0.3, -0.25) is 0 Å². The maximum Gasteiger partial charge on any atom is 0.322 e. The van der Waals surface area contributed by atoms with Crippen molar-refractivity contribution in [2.45, 2.75) is 19.9 Å². The molecule has 0 saturated heterocycles. The number of amides is 2. The number of hydrogen-bond donors (Lipinski definition) is 2. The zero-order valence-corrected chi connectivity index (χ0v) is 8.23. The minimum atomic E-state index is -0.621. The molecule has 1 atom stereocenters. The van der Waals surface area contributed by atoms with Gasteiger partial charge in [-0.2, -0.15) is 0 Å². The lowest BCUT2D eigenvalue weighted by molar-refractivity contribution is 0.252. The SMILES string of the molecule is Cc1cnc(N(CC(C)N)C(N)=O)o1. The maximum atomic E-state index is 11.0. The molecule has 0 aliphatic heterocycles. The molecule has 0 aliphatic rings. The van der Waals surface area contributed by atoms with Gasteiger partial charge in [-0.05, 0) is 13.8 Å². The van der Waals surface area contributed by atoms with Crippen LogP contribution < -0.4 is 16.4 Å². The van der Waals surface area contributed by atoms with Gasteiger partial charge in [0.05, 0.1) is 6.20 Å². The second kappa shape index (κ2) is 4.10. The highest BCUT2D eigenvalue weighted by Gasteiger charge is 2.18. The predicted molar refractivity (Wildman–Crippen MR) is 51.8 cm³/mol. The number of anilines is 1. The number of carbonyl (C=O) groups is 1. The zero-order chi connectivity index (χ0) is 10.7. The van der Waals surface area contributed by atoms with Gasteiger partial charge in [-0.1, -0.05) is 0 Å². The summed E-state index contributed by atoms with van der Waals surface area (Å²) in [6.45, 7) is 3.79. The standard InChI is InChI=1S/C8H14N4O2/c1-5(9)4-12(7(10)13)8-11-3-6(2)14-8/h3,5H,4,9H2,1-2H3,(H2,10,13). The van der Waals surface area contributed by atoms with E-state index in [1.807, 2.05) is 0 Å². The highest BCUT2D eigenvalue weighted by Crippen LogP contribution is 2.13. The van der Waals surface area contributed by atoms with Crippen molar-refractivity contribution in [2.75, 3.05) is 11.4 Å². The van der Waals surface area contributed by atoms with Crippen LogP contribution in [0.1, 0.15) is 12.7 Å². The van der Waals surface area contributed by atoms with Crippen molar-refractivity contribution in [3.05, 3.63) is 12.0 Å². The lowest BCUT2D eigenvalue weighted by Crippen LogP contribution is -2.43. The fourth-order valence-corrected chi connectivity index (χ4v) is 1.02. The number of nitrogens with two attached hydrogens (primary N) is 2. The summed E-state index contributed by atoms with van der Waals surface area (Å²) in [4.78, 5) is 16.1. The molecule has 6 nitrogen and oxygen atoms in total. The van der Waals surface area contributed by atoms with E-state index in [1.54, 1.807) is 13.8 Å². The van der Waals surface area contributed by atoms with Gasteiger partial charge in [0, 0.05) is 12.6 Å². The molecule has 14 heavy (non-hydrogen) atoms. The van der Waals surface area contributed by atoms with Crippen molar-refractivity contribution in [3.63, 3.8) is 0 Å². The Labute approximate surface area is 81.9 Å². The third-order valence-corrected chi connectivity index (χ3v) is 1.58. The average molecular weight is 198 g/mol. The second-order valence-corrected chi connectivity index (χ2v) is 3.18. The first kappa shape index (κ1) is 10.5. The first-order valence-electron chi connectivity index (χ1n) is 4.25. The van der Waals surface area contributed by atoms with Gasteiger partial charge in [0.1, 0.15) is 5.76 Å². The molecule has 1 aromatic rings. The van der Waals surface area contributed by atoms with Crippen molar-refractivity contribution >= 4 is 12.0 Å². The van der Waals surface area contributed by atoms with Gasteiger partial charge in [-0.15, -0.1) is 0 Å². The van der Waals surface area contributed by atoms with Gasteiger partial charge in [0.25, 0.3) is 0 Å². The molecule has 4 N–H and O–H groups in total. The molecule has 0 aromatic carbocycles. The second-order valence-electron chi connectivity index (χ2n) is 3.18. The molecule has 0 fully saturated rings. The molecule has 1 unspecified atom stereocenters. The molecule has 0 spiro atoms. The predicted octanol–water partition coefficient (Wildman–Crippen LogP) is 0.215. The number of primary amides is 1. The number of hydrogen-bond acceptors (Lipinski definition) is 4. The number of rotatable bonds is 3. The van der Waals surface area contributed by atoms with E-state index in [0.717, 1.165) is 0 Å². The van der Waals surface area contributed by atoms with E-state index in [1.165, 1.54) is 11.1 Å². The van der Waals surface area contributed by atoms with Crippen molar-refractivity contribution in [2.24, 2.45) is 11.5 Å². The number of aromatic nitrogens is 1. The van der Waals surface area contributed by atoms with Crippen molar-refractivity contribution in [1.29, 1.82) is 0 Å². The Morgan fingerprint density at radius 1 is 1.79 bits per heavy atom. The summed E-state index contributed by atoms with van der Waals surface area (Å²) < 4.78 is 5.17. The Kier molecular flexibility index (Phi) is 3.08. The first-order valence-corrected chi connectivity index (χ1v) is 4.25. The first-order chi connectivity index (χ1) is 6.50. The Balaban J connectivity index is 2.83. The fourth-order valence-electron chi connectivity index (χ4n) is 1.02. The molecule has 2 amide bonds. The summed E-state index contributed by atoms with van der Waals surface area (Å²) in [5.41, 5.74) is 10.7. The van der Waals surface area contributed by atoms with E-state index in [4.69, 9.17) is 15.9 Å². The van der Waals surface area contributed by atoms with Crippen LogP contribution in [0.4, 0.5) is 10.8 Å². The van der Waals surface area contributed by atoms with E-state index in [0.29, 0.717) is 5.76 Å². The van der Waals surface area contributed by atoms with Crippen LogP contribution in [0.5, 0.6) is 0 Å². The summed E-state index contributed by atoms with van der Waals surface area (Å²) in [5, 5.41) is 0. The Bertz CT molecular complexity index is 321. The van der Waals surface area contributed by atoms with Gasteiger partial charge in [0.2, 0.25) is 0 Å². The van der Waals surface area contributed by atoms with E-state index in [-0.39, 0.29) is 18.6 Å². The molecule has 1 aromatic heterocycles. The van der Waals surface area contributed by atoms with E-state index in [2.05, 4.69) is 4.98 Å². The number of nitrogens with zero attached hydrogens (tertiary/aromatic N) is 2. The Hall–Kier alpha value is -1.56. The van der Waals surface area contributed by atoms with E-state index >= 15 is 0 Å². The Morgan fingerprint density at radius 3 is 2.79 bits per heavy atom. The minimum absolute atomic E-state index is 0.185. The van der Waals surface area contributed by atoms with Crippen molar-refractivity contribution in [1.82, 2.24) is 4.98 Å². The largest absolute Gasteiger partial charge is 0.429 e. The van der Waals surface area contributed by atoms with E-state index in [9.17, 15) is 4.79 Å². The smallest absolute Gasteiger partial charge is 0.322 e. The van der Waals surface area contributed by atoms with Crippen LogP contribution >= 0.6 is 0 Å². The molecule has 1 heterocycles. The lowest BCUT2D eigenvalue weighted by atomic mass is 10.3. The molecule has 0 bridgehead atoms. The van der Waals surface area contributed by atoms with Crippen LogP contribution in [-0.4, -0.2) is 23.6 Å². The zero-order valence-electron chi connectivity index (χ0n) is 8.23. The fraction of sp³-hybridized carbons (Fsp3) is 0.500. The third-order valence-electron chi connectivity index (χ3n) is 1.58. The highest BCUT2D eigenvalue weighted by molar-refractivity contribution is 5.88. The molecule has 0 saturated carbocycles. The minimum Gasteiger partial charge on any atom is -0.429 e. The Morgan fingerprint density at radius 2 is 2.43 bits per heavy atom. The average Bonchev–Trinajstić information content (AvgIpc) is 2.46. The molecular formula is C8H14N4O2. The number of urea groups is 1. The quantitative estimate of drug-likeness (QED) is 0.725. The van der Waals surface area contributed by atoms with Crippen LogP contribution in [0.15, 0.2) is 10.6 Å². The highest BCUT2D eigenvalue weighted by atomic mass is 16.4. The summed E-state index contributed by atoms with van der Waals surface area (Å²) >= 11 is 0. The van der Waals surface area contributed by atoms with Gasteiger partial charge in [-0.25, -0.2) is 14.7 Å². The topological polar surface area (TPSA) is 98.4 Å². The molecular weight excluding hydrogens is 184 g/mol. The van der Waals surface area contributed by atoms with Gasteiger partial charge in [0.15, 0.2) is 0 Å². The van der Waals surface area contributed by atoms with E-state index < -0.39 is 6.03 Å². The summed E-state index contributed by atoms with van der Waals surface area (Å²) in [5.74, 6) is 0.621. The lowest BCUT2D eigenvalue weighted by Gasteiger charge is -2.17. The number of carbonyl (C=O) groups excluding carboxylic acids is 1. The summed E-state index contributed by atoms with van der Waals surface area (Å²) in [7, 11) is 0. The molecule has 1 rings (SSSR count). The van der Waals surface area contributed by atoms with Crippen LogP contribution in [0.25, 0.3) is 0 Å². The summed E-state index contributed by atoms with van der Waals surface area (Å²) in [6.07, 6.45) is 1.52. The molecule has 0 radical (unpaired) electrons. The molecule has 6 heteroatoms. The third kappa shape index (κ3) is 2.46. The molecule has 78 valence electrons. The number of aryl methyl sites for hydroxylation is 1. The van der Waals surface area contributed by atoms with Gasteiger partial charge >= 0.3 is 12.0 Å². The van der Waals surface area contributed by atoms with Crippen LogP contribution in [0.2, 0.25) is 0 Å². The van der Waals surface area contributed by atoms with Crippen LogP contribution in [0.3, 0.4) is 0 Å². The summed E-state index contributed by atoms with van der Waals surface area (Å²) in [6, 6.07) is -0.619. The van der Waals surface area contributed by atoms with Crippen LogP contribution in [-0.2, 0) is 0 Å². The number of oxazole rings is 1. The van der Waals surface area contributed by atoms with Crippen molar-refractivity contribution in [3.8, 4) is 0 Å². The molecule has 0 aliphatic carbocycles. The maximum absolute atomic E-state index is 11.0. The normalized spacial score (nSPS) is 12.5.